The number of likely N-dealkylation sites (tertiary alicyclic amines) is 1. The number of nitrogens with zero attached hydrogens (tertiary/aromatic N) is 2. The quantitative estimate of drug-likeness (QED) is 0.469. The van der Waals surface area contributed by atoms with Crippen molar-refractivity contribution < 1.29 is 32.2 Å². The molecule has 1 fully saturated rings. The summed E-state index contributed by atoms with van der Waals surface area (Å²) in [6.07, 6.45) is 3.09. The Morgan fingerprint density at radius 3 is 2.57 bits per heavy atom. The molecule has 0 spiro atoms. The highest BCUT2D eigenvalue weighted by molar-refractivity contribution is 5.79. The number of piperidine rings is 1. The number of fused-ring (bicyclic) bond motifs is 2. The summed E-state index contributed by atoms with van der Waals surface area (Å²) in [6, 6.07) is 8.73. The fourth-order valence-electron chi connectivity index (χ4n) is 5.96. The van der Waals surface area contributed by atoms with E-state index in [9.17, 15) is 18.0 Å². The fourth-order valence-corrected chi connectivity index (χ4v) is 5.96. The topological polar surface area (TPSA) is 51.2 Å². The minimum Gasteiger partial charge on any atom is -0.497 e. The Labute approximate surface area is 214 Å². The third kappa shape index (κ3) is 5.08. The van der Waals surface area contributed by atoms with E-state index in [1.165, 1.54) is 25.3 Å². The van der Waals surface area contributed by atoms with Gasteiger partial charge in [-0.1, -0.05) is 18.2 Å². The average Bonchev–Trinajstić information content (AvgIpc) is 2.90. The Morgan fingerprint density at radius 2 is 1.81 bits per heavy atom. The Kier molecular flexibility index (Phi) is 6.96. The van der Waals surface area contributed by atoms with Gasteiger partial charge in [-0.15, -0.1) is 13.2 Å². The number of urea groups is 1. The highest BCUT2D eigenvalue weighted by Gasteiger charge is 2.40. The van der Waals surface area contributed by atoms with Crippen LogP contribution in [0.4, 0.5) is 18.0 Å². The third-order valence-electron chi connectivity index (χ3n) is 7.52. The van der Waals surface area contributed by atoms with Crippen molar-refractivity contribution in [1.29, 1.82) is 0 Å². The van der Waals surface area contributed by atoms with Crippen LogP contribution in [0.2, 0.25) is 0 Å². The molecular formula is C28H31F3N2O4. The second-order valence-corrected chi connectivity index (χ2v) is 9.70. The number of amides is 2. The molecule has 2 aromatic carbocycles. The van der Waals surface area contributed by atoms with Gasteiger partial charge in [0.2, 0.25) is 0 Å². The second-order valence-electron chi connectivity index (χ2n) is 9.70. The number of carbonyl (C=O) groups excluding carboxylic acids is 1. The molecule has 6 nitrogen and oxygen atoms in total. The van der Waals surface area contributed by atoms with Crippen molar-refractivity contribution in [1.82, 2.24) is 9.80 Å². The lowest BCUT2D eigenvalue weighted by Crippen LogP contribution is -2.50. The number of benzene rings is 2. The molecule has 5 rings (SSSR count). The number of hydrogen-bond donors (Lipinski definition) is 0. The normalized spacial score (nSPS) is 21.5. The monoisotopic (exact) mass is 516 g/mol. The summed E-state index contributed by atoms with van der Waals surface area (Å²) in [5, 5.41) is 0. The summed E-state index contributed by atoms with van der Waals surface area (Å²) in [6.45, 7) is 1.04. The van der Waals surface area contributed by atoms with Crippen molar-refractivity contribution in [2.75, 3.05) is 27.3 Å². The van der Waals surface area contributed by atoms with Gasteiger partial charge in [-0.3, -0.25) is 4.90 Å². The zero-order valence-electron chi connectivity index (χ0n) is 21.0. The number of hydrogen-bond acceptors (Lipinski definition) is 4. The molecule has 2 unspecified atom stereocenters. The Morgan fingerprint density at radius 1 is 1.00 bits per heavy atom. The summed E-state index contributed by atoms with van der Waals surface area (Å²) in [5.41, 5.74) is 3.28. The predicted molar refractivity (Wildman–Crippen MR) is 132 cm³/mol. The molecule has 2 aliphatic heterocycles. The molecule has 9 heteroatoms. The van der Waals surface area contributed by atoms with Crippen LogP contribution in [0.5, 0.6) is 17.2 Å². The first kappa shape index (κ1) is 25.3. The molecule has 1 saturated heterocycles. The van der Waals surface area contributed by atoms with Crippen LogP contribution in [-0.4, -0.2) is 49.5 Å². The van der Waals surface area contributed by atoms with Crippen LogP contribution in [-0.2, 0) is 6.42 Å². The van der Waals surface area contributed by atoms with E-state index in [2.05, 4.69) is 10.8 Å². The van der Waals surface area contributed by atoms with Crippen molar-refractivity contribution in [2.24, 2.45) is 5.92 Å². The maximum atomic E-state index is 14.2. The fraction of sp³-hybridized carbons (Fsp3) is 0.464. The van der Waals surface area contributed by atoms with Crippen molar-refractivity contribution in [3.63, 3.8) is 0 Å². The number of rotatable bonds is 4. The molecule has 1 aliphatic carbocycles. The molecule has 2 atom stereocenters. The van der Waals surface area contributed by atoms with E-state index in [4.69, 9.17) is 9.47 Å². The van der Waals surface area contributed by atoms with Crippen LogP contribution < -0.4 is 14.2 Å². The molecule has 3 aliphatic rings. The van der Waals surface area contributed by atoms with Gasteiger partial charge < -0.3 is 19.1 Å². The van der Waals surface area contributed by atoms with Gasteiger partial charge in [0.25, 0.3) is 0 Å². The van der Waals surface area contributed by atoms with Crippen molar-refractivity contribution in [3.05, 3.63) is 64.9 Å². The van der Waals surface area contributed by atoms with Gasteiger partial charge in [0.05, 0.1) is 20.3 Å². The molecule has 2 amide bonds. The van der Waals surface area contributed by atoms with E-state index in [0.717, 1.165) is 48.9 Å². The SMILES string of the molecule is COc1cc2c(c(OC)c1)C(c1cccc(OC(F)(F)F)c1)N(C(=O)N1CCCC3CCCC=C31)CC2. The van der Waals surface area contributed by atoms with Gasteiger partial charge in [-0.05, 0) is 73.8 Å². The largest absolute Gasteiger partial charge is 0.573 e. The van der Waals surface area contributed by atoms with Crippen molar-refractivity contribution in [3.8, 4) is 17.2 Å². The molecule has 0 aromatic heterocycles. The molecule has 198 valence electrons. The van der Waals surface area contributed by atoms with Crippen LogP contribution in [0.1, 0.15) is 54.8 Å². The highest BCUT2D eigenvalue weighted by Crippen LogP contribution is 2.45. The number of alkyl halides is 3. The van der Waals surface area contributed by atoms with Crippen molar-refractivity contribution >= 4 is 6.03 Å². The smallest absolute Gasteiger partial charge is 0.497 e. The van der Waals surface area contributed by atoms with Gasteiger partial charge in [0.1, 0.15) is 17.2 Å². The predicted octanol–water partition coefficient (Wildman–Crippen LogP) is 6.45. The summed E-state index contributed by atoms with van der Waals surface area (Å²) in [7, 11) is 3.11. The molecule has 37 heavy (non-hydrogen) atoms. The van der Waals surface area contributed by atoms with E-state index < -0.39 is 12.4 Å². The lowest BCUT2D eigenvalue weighted by Gasteiger charge is -2.44. The summed E-state index contributed by atoms with van der Waals surface area (Å²) >= 11 is 0. The van der Waals surface area contributed by atoms with Crippen LogP contribution in [0, 0.1) is 5.92 Å². The van der Waals surface area contributed by atoms with Crippen LogP contribution in [0.3, 0.4) is 0 Å². The molecule has 0 radical (unpaired) electrons. The first-order valence-electron chi connectivity index (χ1n) is 12.7. The Hall–Kier alpha value is -3.36. The van der Waals surface area contributed by atoms with Crippen LogP contribution in [0.15, 0.2) is 48.2 Å². The van der Waals surface area contributed by atoms with E-state index in [1.54, 1.807) is 24.1 Å². The van der Waals surface area contributed by atoms with Crippen molar-refractivity contribution in [2.45, 2.75) is 50.9 Å². The minimum absolute atomic E-state index is 0.131. The summed E-state index contributed by atoms with van der Waals surface area (Å²) < 4.78 is 54.5. The van der Waals surface area contributed by atoms with Gasteiger partial charge >= 0.3 is 12.4 Å². The van der Waals surface area contributed by atoms with E-state index in [0.29, 0.717) is 42.5 Å². The number of halogens is 3. The standard InChI is InChI=1S/C28H31F3N2O4/c1-35-22-15-19-12-14-33(27(34)32-13-6-9-18-7-3-4-11-23(18)32)26(25(19)24(17-22)36-2)20-8-5-10-21(16-20)37-28(29,30)31/h5,8,10-11,15-18,26H,3-4,6-7,9,12-14H2,1-2H3. The summed E-state index contributed by atoms with van der Waals surface area (Å²) in [4.78, 5) is 17.8. The molecule has 2 aromatic rings. The number of ether oxygens (including phenoxy) is 3. The minimum atomic E-state index is -4.82. The number of carbonyl (C=O) groups is 1. The maximum absolute atomic E-state index is 14.2. The highest BCUT2D eigenvalue weighted by atomic mass is 19.4. The summed E-state index contributed by atoms with van der Waals surface area (Å²) in [5.74, 6) is 1.19. The first-order chi connectivity index (χ1) is 17.8. The number of methoxy groups -OCH3 is 2. The van der Waals surface area contributed by atoms with E-state index in [1.807, 2.05) is 11.0 Å². The van der Waals surface area contributed by atoms with E-state index in [-0.39, 0.29) is 11.8 Å². The van der Waals surface area contributed by atoms with Crippen LogP contribution >= 0.6 is 0 Å². The molecule has 0 saturated carbocycles. The number of allylic oxidation sites excluding steroid dienone is 2. The average molecular weight is 517 g/mol. The van der Waals surface area contributed by atoms with Gasteiger partial charge in [-0.25, -0.2) is 4.79 Å². The molecule has 0 bridgehead atoms. The lowest BCUT2D eigenvalue weighted by molar-refractivity contribution is -0.274. The Balaban J connectivity index is 1.60. The zero-order chi connectivity index (χ0) is 26.2. The molecule has 0 N–H and O–H groups in total. The maximum Gasteiger partial charge on any atom is 0.573 e. The van der Waals surface area contributed by atoms with Crippen LogP contribution in [0.25, 0.3) is 0 Å². The molecule has 2 heterocycles. The molecular weight excluding hydrogens is 485 g/mol. The van der Waals surface area contributed by atoms with Gasteiger partial charge in [0, 0.05) is 30.4 Å². The van der Waals surface area contributed by atoms with E-state index >= 15 is 0 Å². The van der Waals surface area contributed by atoms with Gasteiger partial charge in [0.15, 0.2) is 0 Å². The van der Waals surface area contributed by atoms with Gasteiger partial charge in [-0.2, -0.15) is 0 Å². The lowest BCUT2D eigenvalue weighted by atomic mass is 9.84. The Bertz CT molecular complexity index is 1180. The third-order valence-corrected chi connectivity index (χ3v) is 7.52. The first-order valence-corrected chi connectivity index (χ1v) is 12.7. The zero-order valence-corrected chi connectivity index (χ0v) is 21.0. The second kappa shape index (κ2) is 10.2.